The van der Waals surface area contributed by atoms with Gasteiger partial charge in [0.05, 0.1) is 18.3 Å². The van der Waals surface area contributed by atoms with E-state index < -0.39 is 0 Å². The maximum atomic E-state index is 13.1. The predicted octanol–water partition coefficient (Wildman–Crippen LogP) is 5.79. The first-order valence-corrected chi connectivity index (χ1v) is 9.36. The van der Waals surface area contributed by atoms with Crippen molar-refractivity contribution in [1.29, 1.82) is 0 Å². The number of rotatable bonds is 6. The van der Waals surface area contributed by atoms with Crippen molar-refractivity contribution >= 4 is 40.0 Å². The molecule has 0 atom stereocenters. The predicted molar refractivity (Wildman–Crippen MR) is 115 cm³/mol. The van der Waals surface area contributed by atoms with Crippen LogP contribution in [0.2, 0.25) is 5.02 Å². The second-order valence-electron chi connectivity index (χ2n) is 6.36. The van der Waals surface area contributed by atoms with Crippen LogP contribution in [-0.2, 0) is 6.54 Å². The molecule has 1 aromatic heterocycles. The first kappa shape index (κ1) is 19.0. The van der Waals surface area contributed by atoms with Crippen molar-refractivity contribution in [2.75, 3.05) is 17.7 Å². The fraction of sp³-hybridized carbons (Fsp3) is 0.0909. The van der Waals surface area contributed by atoms with E-state index in [4.69, 9.17) is 16.3 Å². The standard InChI is InChI=1S/C22H18ClFN4O/c1-29-20-11-8-15(23)12-19(20)27-22-26-18-5-3-2-4-17(18)21(28-22)25-13-14-6-9-16(24)10-7-14/h2-12H,13H2,1H3,(H2,25,26,27,28). The Balaban J connectivity index is 1.67. The number of hydrogen-bond acceptors (Lipinski definition) is 5. The molecule has 0 aliphatic rings. The molecule has 0 spiro atoms. The topological polar surface area (TPSA) is 59.1 Å². The van der Waals surface area contributed by atoms with Gasteiger partial charge in [-0.3, -0.25) is 0 Å². The number of benzene rings is 3. The highest BCUT2D eigenvalue weighted by Gasteiger charge is 2.11. The SMILES string of the molecule is COc1ccc(Cl)cc1Nc1nc(NCc2ccc(F)cc2)c2ccccc2n1. The number of anilines is 3. The van der Waals surface area contributed by atoms with Gasteiger partial charge in [0.1, 0.15) is 17.4 Å². The van der Waals surface area contributed by atoms with E-state index in [9.17, 15) is 4.39 Å². The minimum atomic E-state index is -0.261. The lowest BCUT2D eigenvalue weighted by atomic mass is 10.2. The third kappa shape index (κ3) is 4.38. The number of ether oxygens (including phenoxy) is 1. The van der Waals surface area contributed by atoms with E-state index >= 15 is 0 Å². The lowest BCUT2D eigenvalue weighted by Gasteiger charge is -2.14. The van der Waals surface area contributed by atoms with Gasteiger partial charge in [-0.05, 0) is 48.0 Å². The zero-order valence-electron chi connectivity index (χ0n) is 15.6. The molecule has 0 fully saturated rings. The molecule has 7 heteroatoms. The van der Waals surface area contributed by atoms with E-state index in [0.717, 1.165) is 16.5 Å². The Bertz CT molecular complexity index is 1150. The van der Waals surface area contributed by atoms with Crippen LogP contribution in [0, 0.1) is 5.82 Å². The van der Waals surface area contributed by atoms with Crippen molar-refractivity contribution in [2.24, 2.45) is 0 Å². The highest BCUT2D eigenvalue weighted by molar-refractivity contribution is 6.31. The summed E-state index contributed by atoms with van der Waals surface area (Å²) in [6, 6.07) is 19.4. The minimum Gasteiger partial charge on any atom is -0.495 e. The van der Waals surface area contributed by atoms with E-state index in [1.807, 2.05) is 24.3 Å². The van der Waals surface area contributed by atoms with E-state index in [2.05, 4.69) is 20.6 Å². The van der Waals surface area contributed by atoms with Crippen molar-refractivity contribution in [3.63, 3.8) is 0 Å². The number of aromatic nitrogens is 2. The summed E-state index contributed by atoms with van der Waals surface area (Å²) in [4.78, 5) is 9.22. The summed E-state index contributed by atoms with van der Waals surface area (Å²) in [6.07, 6.45) is 0. The number of para-hydroxylation sites is 1. The van der Waals surface area contributed by atoms with E-state index in [0.29, 0.717) is 34.8 Å². The Kier molecular flexibility index (Phi) is 5.44. The van der Waals surface area contributed by atoms with Gasteiger partial charge in [-0.2, -0.15) is 4.98 Å². The van der Waals surface area contributed by atoms with Gasteiger partial charge < -0.3 is 15.4 Å². The fourth-order valence-corrected chi connectivity index (χ4v) is 3.13. The number of fused-ring (bicyclic) bond motifs is 1. The number of nitrogens with zero attached hydrogens (tertiary/aromatic N) is 2. The third-order valence-electron chi connectivity index (χ3n) is 4.38. The Morgan fingerprint density at radius 2 is 1.79 bits per heavy atom. The van der Waals surface area contributed by atoms with E-state index in [1.54, 1.807) is 37.4 Å². The summed E-state index contributed by atoms with van der Waals surface area (Å²) in [7, 11) is 1.59. The summed E-state index contributed by atoms with van der Waals surface area (Å²) in [5.74, 6) is 1.45. The lowest BCUT2D eigenvalue weighted by Crippen LogP contribution is -2.06. The quantitative estimate of drug-likeness (QED) is 0.423. The van der Waals surface area contributed by atoms with Crippen molar-refractivity contribution in [2.45, 2.75) is 6.54 Å². The molecule has 0 aliphatic carbocycles. The molecule has 0 bridgehead atoms. The van der Waals surface area contributed by atoms with Gasteiger partial charge in [-0.1, -0.05) is 35.9 Å². The van der Waals surface area contributed by atoms with Gasteiger partial charge in [0, 0.05) is 17.0 Å². The smallest absolute Gasteiger partial charge is 0.229 e. The molecular formula is C22H18ClFN4O. The summed E-state index contributed by atoms with van der Waals surface area (Å²) in [5.41, 5.74) is 2.40. The van der Waals surface area contributed by atoms with Crippen LogP contribution in [0.15, 0.2) is 66.7 Å². The van der Waals surface area contributed by atoms with Crippen LogP contribution in [0.3, 0.4) is 0 Å². The van der Waals surface area contributed by atoms with Gasteiger partial charge in [0.15, 0.2) is 0 Å². The summed E-state index contributed by atoms with van der Waals surface area (Å²) >= 11 is 6.12. The molecule has 0 saturated heterocycles. The normalized spacial score (nSPS) is 10.7. The van der Waals surface area contributed by atoms with Crippen LogP contribution in [0.4, 0.5) is 21.8 Å². The number of nitrogens with one attached hydrogen (secondary N) is 2. The average Bonchev–Trinajstić information content (AvgIpc) is 2.73. The number of halogens is 2. The van der Waals surface area contributed by atoms with Gasteiger partial charge in [0.25, 0.3) is 0 Å². The monoisotopic (exact) mass is 408 g/mol. The molecule has 2 N–H and O–H groups in total. The maximum absolute atomic E-state index is 13.1. The maximum Gasteiger partial charge on any atom is 0.229 e. The molecule has 1 heterocycles. The van der Waals surface area contributed by atoms with Crippen LogP contribution in [-0.4, -0.2) is 17.1 Å². The van der Waals surface area contributed by atoms with E-state index in [1.165, 1.54) is 12.1 Å². The minimum absolute atomic E-state index is 0.261. The Hall–Kier alpha value is -3.38. The molecule has 5 nitrogen and oxygen atoms in total. The average molecular weight is 409 g/mol. The Morgan fingerprint density at radius 1 is 1.00 bits per heavy atom. The molecule has 4 rings (SSSR count). The largest absolute Gasteiger partial charge is 0.495 e. The van der Waals surface area contributed by atoms with Gasteiger partial charge >= 0.3 is 0 Å². The van der Waals surface area contributed by atoms with Crippen LogP contribution in [0.25, 0.3) is 10.9 Å². The highest BCUT2D eigenvalue weighted by atomic mass is 35.5. The molecule has 4 aromatic rings. The van der Waals surface area contributed by atoms with Gasteiger partial charge in [0.2, 0.25) is 5.95 Å². The first-order chi connectivity index (χ1) is 14.1. The van der Waals surface area contributed by atoms with E-state index in [-0.39, 0.29) is 5.82 Å². The molecule has 146 valence electrons. The van der Waals surface area contributed by atoms with Crippen LogP contribution in [0.1, 0.15) is 5.56 Å². The zero-order chi connectivity index (χ0) is 20.2. The number of methoxy groups -OCH3 is 1. The molecule has 0 aliphatic heterocycles. The molecular weight excluding hydrogens is 391 g/mol. The van der Waals surface area contributed by atoms with Crippen LogP contribution in [0.5, 0.6) is 5.75 Å². The van der Waals surface area contributed by atoms with Crippen LogP contribution >= 0.6 is 11.6 Å². The third-order valence-corrected chi connectivity index (χ3v) is 4.62. The summed E-state index contributed by atoms with van der Waals surface area (Å²) in [6.45, 7) is 0.501. The van der Waals surface area contributed by atoms with Crippen molar-refractivity contribution in [3.8, 4) is 5.75 Å². The second-order valence-corrected chi connectivity index (χ2v) is 6.80. The fourth-order valence-electron chi connectivity index (χ4n) is 2.95. The zero-order valence-corrected chi connectivity index (χ0v) is 16.4. The summed E-state index contributed by atoms with van der Waals surface area (Å²) in [5, 5.41) is 7.96. The Morgan fingerprint density at radius 3 is 2.59 bits per heavy atom. The molecule has 0 amide bonds. The Labute approximate surface area is 172 Å². The molecule has 3 aromatic carbocycles. The highest BCUT2D eigenvalue weighted by Crippen LogP contribution is 2.31. The van der Waals surface area contributed by atoms with Crippen molar-refractivity contribution < 1.29 is 9.13 Å². The van der Waals surface area contributed by atoms with Gasteiger partial charge in [-0.15, -0.1) is 0 Å². The number of hydrogen-bond donors (Lipinski definition) is 2. The molecule has 0 unspecified atom stereocenters. The van der Waals surface area contributed by atoms with Crippen LogP contribution < -0.4 is 15.4 Å². The molecule has 0 saturated carbocycles. The van der Waals surface area contributed by atoms with Crippen molar-refractivity contribution in [3.05, 3.63) is 83.1 Å². The summed E-state index contributed by atoms with van der Waals surface area (Å²) < 4.78 is 18.5. The van der Waals surface area contributed by atoms with Crippen molar-refractivity contribution in [1.82, 2.24) is 9.97 Å². The second kappa shape index (κ2) is 8.32. The first-order valence-electron chi connectivity index (χ1n) is 8.98. The van der Waals surface area contributed by atoms with Gasteiger partial charge in [-0.25, -0.2) is 9.37 Å². The molecule has 0 radical (unpaired) electrons. The lowest BCUT2D eigenvalue weighted by molar-refractivity contribution is 0.417. The molecule has 29 heavy (non-hydrogen) atoms.